The van der Waals surface area contributed by atoms with E-state index in [9.17, 15) is 0 Å². The molecule has 0 spiro atoms. The maximum atomic E-state index is 2.57. The van der Waals surface area contributed by atoms with Gasteiger partial charge in [0.2, 0.25) is 0 Å². The number of rotatable bonds is 6. The Morgan fingerprint density at radius 3 is 1.16 bits per heavy atom. The van der Waals surface area contributed by atoms with E-state index in [0.29, 0.717) is 0 Å². The summed E-state index contributed by atoms with van der Waals surface area (Å²) in [6, 6.07) is 26.5. The molecule has 2 fully saturated rings. The van der Waals surface area contributed by atoms with Gasteiger partial charge < -0.3 is 0 Å². The molecule has 2 bridgehead atoms. The molecule has 37 heavy (non-hydrogen) atoms. The Bertz CT molecular complexity index is 923. The molecule has 4 atom stereocenters. The molecule has 0 nitrogen and oxygen atoms in total. The summed E-state index contributed by atoms with van der Waals surface area (Å²) in [4.78, 5) is 0. The van der Waals surface area contributed by atoms with Crippen molar-refractivity contribution in [3.8, 4) is 0 Å². The second kappa shape index (κ2) is 13.2. The van der Waals surface area contributed by atoms with Gasteiger partial charge in [-0.2, -0.15) is 10.9 Å². The molecule has 2 aliphatic heterocycles. The minimum Gasteiger partial charge on any atom is -0.197 e. The average Bonchev–Trinajstić information content (AvgIpc) is 3.70. The van der Waals surface area contributed by atoms with Crippen LogP contribution in [0.5, 0.6) is 0 Å². The molecule has 201 valence electrons. The van der Waals surface area contributed by atoms with Crippen LogP contribution >= 0.6 is 15.8 Å². The summed E-state index contributed by atoms with van der Waals surface area (Å²) >= 11 is 0. The van der Waals surface area contributed by atoms with E-state index in [4.69, 9.17) is 0 Å². The zero-order valence-electron chi connectivity index (χ0n) is 23.4. The Morgan fingerprint density at radius 1 is 0.568 bits per heavy atom. The zero-order chi connectivity index (χ0) is 25.1. The van der Waals surface area contributed by atoms with Crippen LogP contribution < -0.4 is 10.9 Å². The fourth-order valence-corrected chi connectivity index (χ4v) is 16.9. The number of hydrogen-bond donors (Lipinski definition) is 0. The van der Waals surface area contributed by atoms with Crippen molar-refractivity contribution in [3.05, 3.63) is 85.0 Å². The number of hydrogen-bond acceptors (Lipinski definition) is 0. The standard InChI is InChI=1S/C26H38BP2.C7H8.Rh/c1-21-15-16-22(2)28(21)19-27(25-11-7-5-8-12-25,26-13-9-6-10-14-26)20-29-23(3)17-18-24(29)4;1-2-7-4-3-6(1)5-7;/h5-14,21-24H,15-20H2,1-4H3;1-4,6-7H,5H2;/q-1;;/p+2/t21-,22-,23-,24-;;/m1../s1. The van der Waals surface area contributed by atoms with Gasteiger partial charge in [-0.05, 0) is 87.5 Å². The first-order valence-electron chi connectivity index (χ1n) is 14.8. The largest absolute Gasteiger partial charge is 0.197 e. The van der Waals surface area contributed by atoms with E-state index in [2.05, 4.69) is 113 Å². The molecule has 2 aliphatic carbocycles. The van der Waals surface area contributed by atoms with Crippen molar-refractivity contribution in [3.63, 3.8) is 0 Å². The van der Waals surface area contributed by atoms with E-state index in [0.717, 1.165) is 34.5 Å². The van der Waals surface area contributed by atoms with E-state index in [1.807, 2.05) is 0 Å². The first kappa shape index (κ1) is 29.5. The number of allylic oxidation sites excluding steroid dienone is 4. The van der Waals surface area contributed by atoms with Gasteiger partial charge in [0.25, 0.3) is 0 Å². The maximum Gasteiger partial charge on any atom is 0.132 e. The molecular formula is C33H48BP2Rh+. The summed E-state index contributed by atoms with van der Waals surface area (Å²) in [5.74, 6) is 1.62. The third kappa shape index (κ3) is 6.62. The van der Waals surface area contributed by atoms with Crippen LogP contribution in [0.4, 0.5) is 0 Å². The predicted molar refractivity (Wildman–Crippen MR) is 170 cm³/mol. The molecule has 2 saturated heterocycles. The van der Waals surface area contributed by atoms with E-state index in [-0.39, 0.29) is 35.3 Å². The summed E-state index contributed by atoms with van der Waals surface area (Å²) in [6.07, 6.45) is 15.8. The second-order valence-corrected chi connectivity index (χ2v) is 19.8. The van der Waals surface area contributed by atoms with Gasteiger partial charge in [-0.1, -0.05) is 97.1 Å². The quantitative estimate of drug-likeness (QED) is 0.177. The van der Waals surface area contributed by atoms with Gasteiger partial charge in [0.15, 0.2) is 0 Å². The van der Waals surface area contributed by atoms with E-state index < -0.39 is 6.15 Å². The van der Waals surface area contributed by atoms with Crippen LogP contribution in [-0.2, 0) is 19.5 Å². The maximum absolute atomic E-state index is 2.57. The van der Waals surface area contributed by atoms with Crippen molar-refractivity contribution < 1.29 is 19.5 Å². The fraction of sp³-hybridized carbons (Fsp3) is 0.515. The van der Waals surface area contributed by atoms with Crippen LogP contribution in [0.15, 0.2) is 85.0 Å². The molecule has 2 aromatic rings. The van der Waals surface area contributed by atoms with E-state index in [1.54, 1.807) is 10.9 Å². The smallest absolute Gasteiger partial charge is 0.132 e. The third-order valence-corrected chi connectivity index (χ3v) is 19.0. The molecular weight excluding hydrogens is 572 g/mol. The van der Waals surface area contributed by atoms with Crippen molar-refractivity contribution >= 4 is 32.9 Å². The Morgan fingerprint density at radius 2 is 0.892 bits per heavy atom. The molecule has 0 amide bonds. The van der Waals surface area contributed by atoms with Crippen molar-refractivity contribution in [2.24, 2.45) is 11.8 Å². The summed E-state index contributed by atoms with van der Waals surface area (Å²) in [6.45, 7) is 10.3. The monoisotopic (exact) mass is 620 g/mol. The van der Waals surface area contributed by atoms with Gasteiger partial charge in [-0.3, -0.25) is 0 Å². The Labute approximate surface area is 242 Å². The van der Waals surface area contributed by atoms with Crippen LogP contribution in [0.1, 0.15) is 59.8 Å². The first-order chi connectivity index (χ1) is 17.5. The Balaban J connectivity index is 0.000000341. The Kier molecular flexibility index (Phi) is 10.5. The molecule has 0 saturated carbocycles. The minimum absolute atomic E-state index is 0. The van der Waals surface area contributed by atoms with Crippen LogP contribution in [0.3, 0.4) is 0 Å². The Hall–Kier alpha value is -0.532. The van der Waals surface area contributed by atoms with Crippen LogP contribution in [0, 0.1) is 11.8 Å². The molecule has 1 radical (unpaired) electrons. The van der Waals surface area contributed by atoms with Crippen molar-refractivity contribution in [2.45, 2.75) is 82.4 Å². The molecule has 0 unspecified atom stereocenters. The van der Waals surface area contributed by atoms with Crippen LogP contribution in [0.2, 0.25) is 0 Å². The molecule has 6 rings (SSSR count). The summed E-state index contributed by atoms with van der Waals surface area (Å²) in [5.41, 5.74) is 7.20. The van der Waals surface area contributed by atoms with Gasteiger partial charge in [0, 0.05) is 19.5 Å². The topological polar surface area (TPSA) is 0 Å². The fourth-order valence-electron chi connectivity index (χ4n) is 8.03. The molecule has 2 aromatic carbocycles. The minimum atomic E-state index is -0.665. The van der Waals surface area contributed by atoms with Gasteiger partial charge in [-0.25, -0.2) is 0 Å². The number of benzene rings is 2. The van der Waals surface area contributed by atoms with Gasteiger partial charge in [0.1, 0.15) is 6.15 Å². The van der Waals surface area contributed by atoms with E-state index >= 15 is 0 Å². The van der Waals surface area contributed by atoms with Crippen LogP contribution in [-0.4, -0.2) is 40.9 Å². The van der Waals surface area contributed by atoms with Gasteiger partial charge >= 0.3 is 0 Å². The van der Waals surface area contributed by atoms with Crippen molar-refractivity contribution in [2.75, 3.05) is 12.1 Å². The van der Waals surface area contributed by atoms with E-state index in [1.165, 1.54) is 44.2 Å². The first-order valence-corrected chi connectivity index (χ1v) is 18.6. The molecule has 2 heterocycles. The average molecular weight is 620 g/mol. The second-order valence-electron chi connectivity index (χ2n) is 12.7. The molecule has 0 N–H and O–H groups in total. The van der Waals surface area contributed by atoms with Crippen molar-refractivity contribution in [1.29, 1.82) is 0 Å². The normalized spacial score (nSPS) is 30.8. The molecule has 0 aromatic heterocycles. The molecule has 4 aliphatic rings. The number of fused-ring (bicyclic) bond motifs is 2. The third-order valence-electron chi connectivity index (χ3n) is 10.4. The summed E-state index contributed by atoms with van der Waals surface area (Å²) < 4.78 is 0. The zero-order valence-corrected chi connectivity index (χ0v) is 27.0. The predicted octanol–water partition coefficient (Wildman–Crippen LogP) is 7.64. The summed E-state index contributed by atoms with van der Waals surface area (Å²) in [5, 5.41) is 0. The molecule has 4 heteroatoms. The summed E-state index contributed by atoms with van der Waals surface area (Å²) in [7, 11) is -0.698. The van der Waals surface area contributed by atoms with Crippen LogP contribution in [0.25, 0.3) is 0 Å². The SMILES string of the molecule is C1=CC2C=CC1C2.C[C@@H]1CC[C@@H](C)[PH+]1C[B-](C[PH+]1[C@H](C)CC[C@H]1C)(c1ccccc1)c1ccccc1.[Rh]. The van der Waals surface area contributed by atoms with Crippen molar-refractivity contribution in [1.82, 2.24) is 0 Å². The van der Waals surface area contributed by atoms with Gasteiger partial charge in [0.05, 0.1) is 22.6 Å². The van der Waals surface area contributed by atoms with Gasteiger partial charge in [-0.15, -0.1) is 0 Å².